The Morgan fingerprint density at radius 3 is 2.82 bits per heavy atom. The molecule has 2 heterocycles. The predicted molar refractivity (Wildman–Crippen MR) is 82.5 cm³/mol. The first-order valence-electron chi connectivity index (χ1n) is 7.49. The van der Waals surface area contributed by atoms with Crippen LogP contribution < -0.4 is 4.74 Å². The summed E-state index contributed by atoms with van der Waals surface area (Å²) >= 11 is 0. The first-order valence-corrected chi connectivity index (χ1v) is 8.93. The lowest BCUT2D eigenvalue weighted by atomic mass is 10.0. The highest BCUT2D eigenvalue weighted by Gasteiger charge is 2.40. The van der Waals surface area contributed by atoms with E-state index in [0.29, 0.717) is 18.8 Å². The molecule has 7 heteroatoms. The lowest BCUT2D eigenvalue weighted by molar-refractivity contribution is -0.0840. The molecule has 2 aliphatic heterocycles. The molecule has 2 aliphatic rings. The molecule has 0 saturated carbocycles. The van der Waals surface area contributed by atoms with Gasteiger partial charge in [-0.2, -0.15) is 4.31 Å². The first kappa shape index (κ1) is 15.7. The largest absolute Gasteiger partial charge is 0.495 e. The number of fused-ring (bicyclic) bond motifs is 1. The third kappa shape index (κ3) is 2.74. The average Bonchev–Trinajstić information content (AvgIpc) is 2.55. The van der Waals surface area contributed by atoms with Crippen LogP contribution in [0.4, 0.5) is 0 Å². The Balaban J connectivity index is 1.87. The van der Waals surface area contributed by atoms with E-state index in [9.17, 15) is 8.42 Å². The molecule has 0 unspecified atom stereocenters. The molecule has 0 aliphatic carbocycles. The Kier molecular flexibility index (Phi) is 4.40. The molecule has 2 fully saturated rings. The molecule has 6 nitrogen and oxygen atoms in total. The SMILES string of the molecule is COc1ccccc1S(=O)(=O)N1CC[C@H]2OCCN(C)[C@@H]2C1. The minimum atomic E-state index is -3.55. The zero-order chi connectivity index (χ0) is 15.7. The Bertz CT molecular complexity index is 634. The van der Waals surface area contributed by atoms with E-state index in [-0.39, 0.29) is 17.0 Å². The number of piperidine rings is 1. The highest BCUT2D eigenvalue weighted by atomic mass is 32.2. The summed E-state index contributed by atoms with van der Waals surface area (Å²) < 4.78 is 38.4. The molecule has 0 bridgehead atoms. The van der Waals surface area contributed by atoms with Crippen LogP contribution in [0.2, 0.25) is 0 Å². The van der Waals surface area contributed by atoms with Crippen molar-refractivity contribution in [2.75, 3.05) is 40.4 Å². The van der Waals surface area contributed by atoms with Gasteiger partial charge in [-0.3, -0.25) is 4.90 Å². The average molecular weight is 326 g/mol. The number of ether oxygens (including phenoxy) is 2. The van der Waals surface area contributed by atoms with E-state index in [2.05, 4.69) is 4.90 Å². The van der Waals surface area contributed by atoms with Crippen LogP contribution in [0.25, 0.3) is 0 Å². The van der Waals surface area contributed by atoms with Crippen LogP contribution in [0.15, 0.2) is 29.2 Å². The zero-order valence-corrected chi connectivity index (χ0v) is 13.8. The summed E-state index contributed by atoms with van der Waals surface area (Å²) in [6.45, 7) is 2.50. The number of morpholine rings is 1. The lowest BCUT2D eigenvalue weighted by Gasteiger charge is -2.45. The minimum absolute atomic E-state index is 0.118. The van der Waals surface area contributed by atoms with E-state index >= 15 is 0 Å². The number of sulfonamides is 1. The van der Waals surface area contributed by atoms with E-state index in [0.717, 1.165) is 19.6 Å². The Morgan fingerprint density at radius 2 is 2.05 bits per heavy atom. The number of para-hydroxylation sites is 1. The van der Waals surface area contributed by atoms with E-state index in [4.69, 9.17) is 9.47 Å². The van der Waals surface area contributed by atoms with Crippen LogP contribution in [0.5, 0.6) is 5.75 Å². The van der Waals surface area contributed by atoms with Crippen molar-refractivity contribution in [3.8, 4) is 5.75 Å². The monoisotopic (exact) mass is 326 g/mol. The molecule has 0 aromatic heterocycles. The normalized spacial score (nSPS) is 27.4. The predicted octanol–water partition coefficient (Wildman–Crippen LogP) is 0.789. The number of nitrogens with zero attached hydrogens (tertiary/aromatic N) is 2. The van der Waals surface area contributed by atoms with Gasteiger partial charge >= 0.3 is 0 Å². The van der Waals surface area contributed by atoms with Crippen LogP contribution >= 0.6 is 0 Å². The number of methoxy groups -OCH3 is 1. The lowest BCUT2D eigenvalue weighted by Crippen LogP contribution is -2.59. The summed E-state index contributed by atoms with van der Waals surface area (Å²) in [6.07, 6.45) is 0.853. The minimum Gasteiger partial charge on any atom is -0.495 e. The fourth-order valence-electron chi connectivity index (χ4n) is 3.20. The van der Waals surface area contributed by atoms with Gasteiger partial charge in [-0.15, -0.1) is 0 Å². The van der Waals surface area contributed by atoms with Crippen LogP contribution in [0.1, 0.15) is 6.42 Å². The van der Waals surface area contributed by atoms with Crippen molar-refractivity contribution < 1.29 is 17.9 Å². The van der Waals surface area contributed by atoms with Crippen LogP contribution in [0.3, 0.4) is 0 Å². The Labute approximate surface area is 131 Å². The van der Waals surface area contributed by atoms with Crippen molar-refractivity contribution in [1.29, 1.82) is 0 Å². The van der Waals surface area contributed by atoms with Crippen molar-refractivity contribution in [1.82, 2.24) is 9.21 Å². The zero-order valence-electron chi connectivity index (χ0n) is 12.9. The fraction of sp³-hybridized carbons (Fsp3) is 0.600. The highest BCUT2D eigenvalue weighted by Crippen LogP contribution is 2.30. The van der Waals surface area contributed by atoms with E-state index < -0.39 is 10.0 Å². The Hall–Kier alpha value is -1.15. The topological polar surface area (TPSA) is 59.1 Å². The molecule has 0 N–H and O–H groups in total. The molecule has 1 aromatic rings. The van der Waals surface area contributed by atoms with Gasteiger partial charge in [0.2, 0.25) is 10.0 Å². The molecule has 122 valence electrons. The van der Waals surface area contributed by atoms with Crippen molar-refractivity contribution in [2.45, 2.75) is 23.5 Å². The van der Waals surface area contributed by atoms with Gasteiger partial charge in [0.15, 0.2) is 0 Å². The number of likely N-dealkylation sites (N-methyl/N-ethyl adjacent to an activating group) is 1. The maximum Gasteiger partial charge on any atom is 0.246 e. The summed E-state index contributed by atoms with van der Waals surface area (Å²) in [7, 11) is -0.0361. The van der Waals surface area contributed by atoms with E-state index in [1.807, 2.05) is 7.05 Å². The molecular weight excluding hydrogens is 304 g/mol. The molecule has 0 amide bonds. The van der Waals surface area contributed by atoms with Gasteiger partial charge in [0.1, 0.15) is 10.6 Å². The summed E-state index contributed by atoms with van der Waals surface area (Å²) in [6, 6.07) is 6.88. The smallest absolute Gasteiger partial charge is 0.246 e. The third-order valence-electron chi connectivity index (χ3n) is 4.51. The summed E-state index contributed by atoms with van der Waals surface area (Å²) in [5, 5.41) is 0. The number of benzene rings is 1. The fourth-order valence-corrected chi connectivity index (χ4v) is 4.83. The molecule has 22 heavy (non-hydrogen) atoms. The van der Waals surface area contributed by atoms with Gasteiger partial charge in [-0.1, -0.05) is 12.1 Å². The second kappa shape index (κ2) is 6.16. The highest BCUT2D eigenvalue weighted by molar-refractivity contribution is 7.89. The summed E-state index contributed by atoms with van der Waals surface area (Å²) in [5.41, 5.74) is 0. The molecule has 0 radical (unpaired) electrons. The molecule has 3 rings (SSSR count). The maximum absolute atomic E-state index is 12.9. The standard InChI is InChI=1S/C15H22N2O4S/c1-16-9-10-21-13-7-8-17(11-12(13)16)22(18,19)15-6-4-3-5-14(15)20-2/h3-6,12-13H,7-11H2,1-2H3/t12-,13-/m1/s1. The van der Waals surface area contributed by atoms with Gasteiger partial charge in [0.25, 0.3) is 0 Å². The maximum atomic E-state index is 12.9. The van der Waals surface area contributed by atoms with Gasteiger partial charge < -0.3 is 9.47 Å². The number of hydrogen-bond acceptors (Lipinski definition) is 5. The van der Waals surface area contributed by atoms with E-state index in [1.54, 1.807) is 28.6 Å². The molecule has 2 saturated heterocycles. The molecule has 1 aromatic carbocycles. The van der Waals surface area contributed by atoms with Gasteiger partial charge in [-0.05, 0) is 25.6 Å². The summed E-state index contributed by atoms with van der Waals surface area (Å²) in [4.78, 5) is 2.42. The number of hydrogen-bond donors (Lipinski definition) is 0. The van der Waals surface area contributed by atoms with Gasteiger partial charge in [0, 0.05) is 25.7 Å². The summed E-state index contributed by atoms with van der Waals surface area (Å²) in [5.74, 6) is 0.387. The van der Waals surface area contributed by atoms with Crippen molar-refractivity contribution in [2.24, 2.45) is 0 Å². The third-order valence-corrected chi connectivity index (χ3v) is 6.42. The molecule has 0 spiro atoms. The van der Waals surface area contributed by atoms with Gasteiger partial charge in [0.05, 0.1) is 19.8 Å². The van der Waals surface area contributed by atoms with Crippen molar-refractivity contribution >= 4 is 10.0 Å². The van der Waals surface area contributed by atoms with Crippen molar-refractivity contribution in [3.63, 3.8) is 0 Å². The van der Waals surface area contributed by atoms with Crippen LogP contribution in [-0.4, -0.2) is 70.2 Å². The molecule has 2 atom stereocenters. The number of rotatable bonds is 3. The second-order valence-corrected chi connectivity index (χ2v) is 7.67. The first-order chi connectivity index (χ1) is 10.5. The van der Waals surface area contributed by atoms with Gasteiger partial charge in [-0.25, -0.2) is 8.42 Å². The second-order valence-electron chi connectivity index (χ2n) is 5.76. The Morgan fingerprint density at radius 1 is 1.27 bits per heavy atom. The van der Waals surface area contributed by atoms with Crippen molar-refractivity contribution in [3.05, 3.63) is 24.3 Å². The van der Waals surface area contributed by atoms with Crippen LogP contribution in [0, 0.1) is 0 Å². The van der Waals surface area contributed by atoms with Crippen LogP contribution in [-0.2, 0) is 14.8 Å². The quantitative estimate of drug-likeness (QED) is 0.822. The molecular formula is C15H22N2O4S. The van der Waals surface area contributed by atoms with E-state index in [1.165, 1.54) is 7.11 Å².